The largest absolute Gasteiger partial charge is 0.505 e. The van der Waals surface area contributed by atoms with Crippen molar-refractivity contribution in [2.45, 2.75) is 32.2 Å². The molecule has 1 aliphatic heterocycles. The molecule has 0 aliphatic carbocycles. The van der Waals surface area contributed by atoms with Gasteiger partial charge in [-0.15, -0.1) is 0 Å². The molecular weight excluding hydrogens is 242 g/mol. The molecule has 2 N–H and O–H groups in total. The van der Waals surface area contributed by atoms with Crippen LogP contribution in [0.2, 0.25) is 0 Å². The number of amides is 1. The zero-order chi connectivity index (χ0) is 13.7. The van der Waals surface area contributed by atoms with Gasteiger partial charge >= 0.3 is 0 Å². The van der Waals surface area contributed by atoms with Crippen molar-refractivity contribution in [3.8, 4) is 5.75 Å². The summed E-state index contributed by atoms with van der Waals surface area (Å²) >= 11 is 0. The fourth-order valence-electron chi connectivity index (χ4n) is 2.44. The minimum absolute atomic E-state index is 0.0482. The molecule has 5 nitrogen and oxygen atoms in total. The lowest BCUT2D eigenvalue weighted by Gasteiger charge is -2.25. The van der Waals surface area contributed by atoms with Crippen LogP contribution in [0.25, 0.3) is 0 Å². The summed E-state index contributed by atoms with van der Waals surface area (Å²) < 4.78 is 0. The van der Waals surface area contributed by atoms with Crippen molar-refractivity contribution < 1.29 is 9.90 Å². The second-order valence-electron chi connectivity index (χ2n) is 4.92. The van der Waals surface area contributed by atoms with E-state index < -0.39 is 0 Å². The molecule has 2 heterocycles. The number of hydrogen-bond donors (Lipinski definition) is 2. The number of hydrogen-bond acceptors (Lipinski definition) is 4. The second-order valence-corrected chi connectivity index (χ2v) is 4.92. The number of rotatable bonds is 5. The van der Waals surface area contributed by atoms with Crippen LogP contribution in [0.1, 0.15) is 36.7 Å². The molecular formula is C14H21N3O2. The Morgan fingerprint density at radius 1 is 1.63 bits per heavy atom. The molecule has 1 atom stereocenters. The average molecular weight is 263 g/mol. The summed E-state index contributed by atoms with van der Waals surface area (Å²) in [7, 11) is 0. The maximum absolute atomic E-state index is 12.4. The summed E-state index contributed by atoms with van der Waals surface area (Å²) in [5.74, 6) is -0.235. The quantitative estimate of drug-likeness (QED) is 0.842. The standard InChI is InChI=1S/C14H21N3O2/c1-2-9-17(10-11-5-3-7-15-11)14(19)13-12(18)6-4-8-16-13/h4,6,8,11,15,18H,2-3,5,7,9-10H2,1H3. The van der Waals surface area contributed by atoms with Gasteiger partial charge in [0.2, 0.25) is 0 Å². The zero-order valence-corrected chi connectivity index (χ0v) is 11.3. The van der Waals surface area contributed by atoms with E-state index in [4.69, 9.17) is 0 Å². The highest BCUT2D eigenvalue weighted by Crippen LogP contribution is 2.16. The first-order valence-corrected chi connectivity index (χ1v) is 6.89. The van der Waals surface area contributed by atoms with Gasteiger partial charge in [-0.05, 0) is 37.9 Å². The van der Waals surface area contributed by atoms with Crippen molar-refractivity contribution in [3.63, 3.8) is 0 Å². The minimum atomic E-state index is -0.186. The summed E-state index contributed by atoms with van der Waals surface area (Å²) in [4.78, 5) is 18.2. The fraction of sp³-hybridized carbons (Fsp3) is 0.571. The molecule has 1 aromatic heterocycles. The summed E-state index contributed by atoms with van der Waals surface area (Å²) in [5, 5.41) is 13.1. The van der Waals surface area contributed by atoms with Gasteiger partial charge in [-0.2, -0.15) is 0 Å². The van der Waals surface area contributed by atoms with Crippen molar-refractivity contribution in [1.82, 2.24) is 15.2 Å². The highest BCUT2D eigenvalue weighted by Gasteiger charge is 2.24. The number of aromatic nitrogens is 1. The van der Waals surface area contributed by atoms with Gasteiger partial charge in [0, 0.05) is 25.3 Å². The Hall–Kier alpha value is -1.62. The van der Waals surface area contributed by atoms with Gasteiger partial charge in [0.15, 0.2) is 5.69 Å². The average Bonchev–Trinajstić information content (AvgIpc) is 2.91. The predicted octanol–water partition coefficient (Wildman–Crippen LogP) is 1.39. The van der Waals surface area contributed by atoms with Gasteiger partial charge < -0.3 is 15.3 Å². The molecule has 0 saturated carbocycles. The molecule has 2 rings (SSSR count). The third-order valence-electron chi connectivity index (χ3n) is 3.37. The Kier molecular flexibility index (Phi) is 4.74. The Labute approximate surface area is 113 Å². The van der Waals surface area contributed by atoms with Gasteiger partial charge in [0.25, 0.3) is 5.91 Å². The maximum Gasteiger partial charge on any atom is 0.276 e. The fourth-order valence-corrected chi connectivity index (χ4v) is 2.44. The van der Waals surface area contributed by atoms with Crippen LogP contribution in [-0.4, -0.2) is 46.6 Å². The zero-order valence-electron chi connectivity index (χ0n) is 11.3. The van der Waals surface area contributed by atoms with Crippen LogP contribution in [-0.2, 0) is 0 Å². The molecule has 19 heavy (non-hydrogen) atoms. The van der Waals surface area contributed by atoms with Gasteiger partial charge in [0.1, 0.15) is 5.75 Å². The SMILES string of the molecule is CCCN(CC1CCCN1)C(=O)c1ncccc1O. The Morgan fingerprint density at radius 3 is 3.11 bits per heavy atom. The van der Waals surface area contributed by atoms with Crippen molar-refractivity contribution in [1.29, 1.82) is 0 Å². The number of carbonyl (C=O) groups is 1. The topological polar surface area (TPSA) is 65.5 Å². The third-order valence-corrected chi connectivity index (χ3v) is 3.37. The molecule has 1 fully saturated rings. The Morgan fingerprint density at radius 2 is 2.47 bits per heavy atom. The number of pyridine rings is 1. The molecule has 0 bridgehead atoms. The van der Waals surface area contributed by atoms with Crippen LogP contribution in [0.5, 0.6) is 5.75 Å². The van der Waals surface area contributed by atoms with Crippen LogP contribution in [0, 0.1) is 0 Å². The Balaban J connectivity index is 2.09. The number of aromatic hydroxyl groups is 1. The molecule has 1 amide bonds. The summed E-state index contributed by atoms with van der Waals surface area (Å²) in [6, 6.07) is 3.48. The van der Waals surface area contributed by atoms with E-state index in [1.165, 1.54) is 12.3 Å². The highest BCUT2D eigenvalue weighted by molar-refractivity contribution is 5.94. The van der Waals surface area contributed by atoms with Crippen LogP contribution >= 0.6 is 0 Å². The van der Waals surface area contributed by atoms with Gasteiger partial charge in [-0.1, -0.05) is 6.92 Å². The van der Waals surface area contributed by atoms with Gasteiger partial charge in [-0.3, -0.25) is 4.79 Å². The molecule has 1 aromatic rings. The summed E-state index contributed by atoms with van der Waals surface area (Å²) in [6.07, 6.45) is 4.69. The molecule has 0 spiro atoms. The van der Waals surface area contributed by atoms with Gasteiger partial charge in [-0.25, -0.2) is 4.98 Å². The van der Waals surface area contributed by atoms with E-state index in [1.54, 1.807) is 11.0 Å². The lowest BCUT2D eigenvalue weighted by atomic mass is 10.2. The first-order valence-electron chi connectivity index (χ1n) is 6.89. The smallest absolute Gasteiger partial charge is 0.276 e. The molecule has 0 aromatic carbocycles. The van der Waals surface area contributed by atoms with E-state index >= 15 is 0 Å². The van der Waals surface area contributed by atoms with E-state index in [9.17, 15) is 9.90 Å². The Bertz CT molecular complexity index is 430. The monoisotopic (exact) mass is 263 g/mol. The third kappa shape index (κ3) is 3.44. The highest BCUT2D eigenvalue weighted by atomic mass is 16.3. The summed E-state index contributed by atoms with van der Waals surface area (Å²) in [6.45, 7) is 4.43. The van der Waals surface area contributed by atoms with Crippen LogP contribution in [0.15, 0.2) is 18.3 Å². The number of carbonyl (C=O) groups excluding carboxylic acids is 1. The second kappa shape index (κ2) is 6.52. The molecule has 104 valence electrons. The van der Waals surface area contributed by atoms with Crippen LogP contribution < -0.4 is 5.32 Å². The van der Waals surface area contributed by atoms with E-state index in [1.807, 2.05) is 6.92 Å². The lowest BCUT2D eigenvalue weighted by Crippen LogP contribution is -2.41. The lowest BCUT2D eigenvalue weighted by molar-refractivity contribution is 0.0732. The van der Waals surface area contributed by atoms with E-state index in [-0.39, 0.29) is 17.4 Å². The van der Waals surface area contributed by atoms with Crippen molar-refractivity contribution >= 4 is 5.91 Å². The summed E-state index contributed by atoms with van der Waals surface area (Å²) in [5.41, 5.74) is 0.147. The van der Waals surface area contributed by atoms with Crippen molar-refractivity contribution in [3.05, 3.63) is 24.0 Å². The van der Waals surface area contributed by atoms with Crippen LogP contribution in [0.3, 0.4) is 0 Å². The van der Waals surface area contributed by atoms with E-state index in [0.29, 0.717) is 19.1 Å². The van der Waals surface area contributed by atoms with Crippen molar-refractivity contribution in [2.24, 2.45) is 0 Å². The molecule has 1 aliphatic rings. The molecule has 5 heteroatoms. The van der Waals surface area contributed by atoms with Gasteiger partial charge in [0.05, 0.1) is 0 Å². The van der Waals surface area contributed by atoms with E-state index in [2.05, 4.69) is 10.3 Å². The number of nitrogens with zero attached hydrogens (tertiary/aromatic N) is 2. The number of nitrogens with one attached hydrogen (secondary N) is 1. The maximum atomic E-state index is 12.4. The minimum Gasteiger partial charge on any atom is -0.505 e. The van der Waals surface area contributed by atoms with E-state index in [0.717, 1.165) is 25.8 Å². The first kappa shape index (κ1) is 13.8. The molecule has 0 radical (unpaired) electrons. The first-order chi connectivity index (χ1) is 9.22. The van der Waals surface area contributed by atoms with Crippen LogP contribution in [0.4, 0.5) is 0 Å². The molecule has 1 saturated heterocycles. The van der Waals surface area contributed by atoms with Crippen molar-refractivity contribution in [2.75, 3.05) is 19.6 Å². The molecule has 1 unspecified atom stereocenters. The normalized spacial score (nSPS) is 18.5. The predicted molar refractivity (Wildman–Crippen MR) is 73.1 cm³/mol.